The Morgan fingerprint density at radius 1 is 1.12 bits per heavy atom. The van der Waals surface area contributed by atoms with Crippen molar-refractivity contribution >= 4 is 79.2 Å². The third kappa shape index (κ3) is 5.58. The Kier molecular flexibility index (Phi) is 6.95. The maximum Gasteiger partial charge on any atom is 0.264 e. The summed E-state index contributed by atoms with van der Waals surface area (Å²) in [7, 11) is 0. The number of carbonyl (C=O) groups excluding carboxylic acids is 1. The van der Waals surface area contributed by atoms with E-state index < -0.39 is 0 Å². The smallest absolute Gasteiger partial charge is 0.264 e. The number of nitrogens with zero attached hydrogens (tertiary/aromatic N) is 1. The molecule has 32 heavy (non-hydrogen) atoms. The first-order valence-electron chi connectivity index (χ1n) is 9.22. The molecule has 0 aliphatic rings. The standard InChI is InChI=1S/C22H14BrCl2N3O3S/c23-13-4-6-16(7-5-13)30-11-19(29)28-22(32)26-15-3-1-2-12(8-15)21-27-18-10-14(24)9-17(25)20(18)31-21/h1-10H,11H2,(H2,26,28,29,32). The van der Waals surface area contributed by atoms with Crippen LogP contribution in [0.3, 0.4) is 0 Å². The van der Waals surface area contributed by atoms with Gasteiger partial charge in [0.05, 0.1) is 5.02 Å². The molecule has 6 nitrogen and oxygen atoms in total. The van der Waals surface area contributed by atoms with Crippen LogP contribution in [0.5, 0.6) is 5.75 Å². The van der Waals surface area contributed by atoms with E-state index in [9.17, 15) is 4.79 Å². The van der Waals surface area contributed by atoms with Crippen LogP contribution in [0.1, 0.15) is 0 Å². The Morgan fingerprint density at radius 2 is 1.91 bits per heavy atom. The van der Waals surface area contributed by atoms with Gasteiger partial charge in [-0.15, -0.1) is 0 Å². The molecule has 0 radical (unpaired) electrons. The summed E-state index contributed by atoms with van der Waals surface area (Å²) in [5.74, 6) is 0.576. The fourth-order valence-corrected chi connectivity index (χ4v) is 3.84. The number of oxazole rings is 1. The number of ether oxygens (including phenoxy) is 1. The minimum atomic E-state index is -0.382. The molecule has 0 unspecified atom stereocenters. The molecule has 162 valence electrons. The molecular formula is C22H14BrCl2N3O3S. The summed E-state index contributed by atoms with van der Waals surface area (Å²) < 4.78 is 12.2. The van der Waals surface area contributed by atoms with Gasteiger partial charge in [-0.1, -0.05) is 45.2 Å². The third-order valence-corrected chi connectivity index (χ3v) is 5.45. The van der Waals surface area contributed by atoms with Crippen LogP contribution in [-0.4, -0.2) is 22.6 Å². The van der Waals surface area contributed by atoms with Gasteiger partial charge in [0, 0.05) is 20.7 Å². The summed E-state index contributed by atoms with van der Waals surface area (Å²) >= 11 is 20.8. The first-order chi connectivity index (χ1) is 15.4. The predicted molar refractivity (Wildman–Crippen MR) is 133 cm³/mol. The lowest BCUT2D eigenvalue weighted by Crippen LogP contribution is -2.37. The summed E-state index contributed by atoms with van der Waals surface area (Å²) in [6.07, 6.45) is 0. The van der Waals surface area contributed by atoms with Gasteiger partial charge in [-0.2, -0.15) is 0 Å². The van der Waals surface area contributed by atoms with E-state index >= 15 is 0 Å². The number of benzene rings is 3. The Bertz CT molecular complexity index is 1310. The highest BCUT2D eigenvalue weighted by molar-refractivity contribution is 9.10. The lowest BCUT2D eigenvalue weighted by Gasteiger charge is -2.11. The lowest BCUT2D eigenvalue weighted by molar-refractivity contribution is -0.121. The summed E-state index contributed by atoms with van der Waals surface area (Å²) in [4.78, 5) is 16.6. The van der Waals surface area contributed by atoms with E-state index in [0.717, 1.165) is 4.47 Å². The fraction of sp³-hybridized carbons (Fsp3) is 0.0455. The third-order valence-electron chi connectivity index (χ3n) is 4.21. The number of aromatic nitrogens is 1. The Labute approximate surface area is 207 Å². The highest BCUT2D eigenvalue weighted by atomic mass is 79.9. The second kappa shape index (κ2) is 9.87. The van der Waals surface area contributed by atoms with Crippen molar-refractivity contribution in [1.29, 1.82) is 0 Å². The zero-order valence-electron chi connectivity index (χ0n) is 16.2. The second-order valence-corrected chi connectivity index (χ2v) is 8.75. The Balaban J connectivity index is 1.39. The van der Waals surface area contributed by atoms with E-state index in [0.29, 0.717) is 44.0 Å². The molecule has 1 aromatic heterocycles. The summed E-state index contributed by atoms with van der Waals surface area (Å²) in [6, 6.07) is 17.7. The van der Waals surface area contributed by atoms with Crippen LogP contribution in [-0.2, 0) is 4.79 Å². The average molecular weight is 551 g/mol. The van der Waals surface area contributed by atoms with Crippen molar-refractivity contribution in [2.75, 3.05) is 11.9 Å². The van der Waals surface area contributed by atoms with Crippen LogP contribution in [0.2, 0.25) is 10.0 Å². The number of thiocarbonyl (C=S) groups is 1. The molecule has 0 saturated carbocycles. The minimum Gasteiger partial charge on any atom is -0.484 e. The molecule has 0 bridgehead atoms. The molecule has 10 heteroatoms. The van der Waals surface area contributed by atoms with Gasteiger partial charge in [0.1, 0.15) is 11.3 Å². The van der Waals surface area contributed by atoms with Gasteiger partial charge in [-0.05, 0) is 66.8 Å². The van der Waals surface area contributed by atoms with E-state index in [4.69, 9.17) is 44.6 Å². The SMILES string of the molecule is O=C(COc1ccc(Br)cc1)NC(=S)Nc1cccc(-c2nc3cc(Cl)cc(Cl)c3o2)c1. The van der Waals surface area contributed by atoms with Crippen molar-refractivity contribution in [2.24, 2.45) is 0 Å². The van der Waals surface area contributed by atoms with Gasteiger partial charge < -0.3 is 14.5 Å². The molecule has 0 saturated heterocycles. The quantitative estimate of drug-likeness (QED) is 0.278. The molecule has 0 aliphatic carbocycles. The van der Waals surface area contributed by atoms with Crippen LogP contribution in [0, 0.1) is 0 Å². The van der Waals surface area contributed by atoms with Crippen molar-refractivity contribution in [3.63, 3.8) is 0 Å². The first-order valence-corrected chi connectivity index (χ1v) is 11.2. The largest absolute Gasteiger partial charge is 0.484 e. The Morgan fingerprint density at radius 3 is 2.69 bits per heavy atom. The van der Waals surface area contributed by atoms with E-state index in [2.05, 4.69) is 31.5 Å². The number of hydrogen-bond donors (Lipinski definition) is 2. The number of amides is 1. The molecule has 1 heterocycles. The van der Waals surface area contributed by atoms with Crippen molar-refractivity contribution in [3.8, 4) is 17.2 Å². The highest BCUT2D eigenvalue weighted by Crippen LogP contribution is 2.32. The topological polar surface area (TPSA) is 76.4 Å². The molecule has 2 N–H and O–H groups in total. The normalized spacial score (nSPS) is 10.7. The number of carbonyl (C=O) groups is 1. The molecule has 3 aromatic carbocycles. The summed E-state index contributed by atoms with van der Waals surface area (Å²) in [5, 5.41) is 6.54. The number of fused-ring (bicyclic) bond motifs is 1. The monoisotopic (exact) mass is 549 g/mol. The Hall–Kier alpha value is -2.65. The molecule has 1 amide bonds. The van der Waals surface area contributed by atoms with Crippen LogP contribution in [0.25, 0.3) is 22.6 Å². The molecular weight excluding hydrogens is 537 g/mol. The minimum absolute atomic E-state index is 0.138. The predicted octanol–water partition coefficient (Wildman–Crippen LogP) is 6.46. The molecule has 4 rings (SSSR count). The molecule has 0 fully saturated rings. The maximum absolute atomic E-state index is 12.1. The van der Waals surface area contributed by atoms with Gasteiger partial charge in [-0.25, -0.2) is 4.98 Å². The van der Waals surface area contributed by atoms with E-state index in [1.54, 1.807) is 36.4 Å². The maximum atomic E-state index is 12.1. The van der Waals surface area contributed by atoms with Gasteiger partial charge in [0.25, 0.3) is 5.91 Å². The number of nitrogens with one attached hydrogen (secondary N) is 2. The van der Waals surface area contributed by atoms with Gasteiger partial charge in [0.15, 0.2) is 17.3 Å². The molecule has 0 aliphatic heterocycles. The second-order valence-electron chi connectivity index (χ2n) is 6.58. The van der Waals surface area contributed by atoms with Crippen LogP contribution in [0.4, 0.5) is 5.69 Å². The van der Waals surface area contributed by atoms with Crippen LogP contribution < -0.4 is 15.4 Å². The zero-order valence-corrected chi connectivity index (χ0v) is 20.1. The number of anilines is 1. The highest BCUT2D eigenvalue weighted by Gasteiger charge is 2.13. The number of rotatable bonds is 5. The average Bonchev–Trinajstić information content (AvgIpc) is 3.18. The first kappa shape index (κ1) is 22.5. The van der Waals surface area contributed by atoms with E-state index in [1.807, 2.05) is 24.3 Å². The fourth-order valence-electron chi connectivity index (χ4n) is 2.82. The van der Waals surface area contributed by atoms with Gasteiger partial charge >= 0.3 is 0 Å². The molecule has 4 aromatic rings. The van der Waals surface area contributed by atoms with Gasteiger partial charge in [0.2, 0.25) is 5.89 Å². The lowest BCUT2D eigenvalue weighted by atomic mass is 10.2. The summed E-state index contributed by atoms with van der Waals surface area (Å²) in [6.45, 7) is -0.171. The van der Waals surface area contributed by atoms with Crippen molar-refractivity contribution in [3.05, 3.63) is 75.2 Å². The number of hydrogen-bond acceptors (Lipinski definition) is 5. The van der Waals surface area contributed by atoms with Crippen LogP contribution >= 0.6 is 51.3 Å². The van der Waals surface area contributed by atoms with E-state index in [-0.39, 0.29) is 17.6 Å². The molecule has 0 spiro atoms. The number of halogens is 3. The summed E-state index contributed by atoms with van der Waals surface area (Å²) in [5.41, 5.74) is 2.36. The zero-order chi connectivity index (χ0) is 22.7. The van der Waals surface area contributed by atoms with Crippen molar-refractivity contribution < 1.29 is 13.9 Å². The molecule has 0 atom stereocenters. The van der Waals surface area contributed by atoms with Crippen LogP contribution in [0.15, 0.2) is 69.6 Å². The van der Waals surface area contributed by atoms with Crippen molar-refractivity contribution in [1.82, 2.24) is 10.3 Å². The van der Waals surface area contributed by atoms with E-state index in [1.165, 1.54) is 0 Å². The van der Waals surface area contributed by atoms with Crippen molar-refractivity contribution in [2.45, 2.75) is 0 Å². The van der Waals surface area contributed by atoms with Gasteiger partial charge in [-0.3, -0.25) is 10.1 Å².